The van der Waals surface area contributed by atoms with Crippen molar-refractivity contribution in [2.75, 3.05) is 13.2 Å². The normalized spacial score (nSPS) is 11.9. The SMILES string of the molecule is Cc1cc(=O)oc2cc(OCCOc3ccc(-c4c5nc(c(-c6ccccc6)c6ccc([nH]6)c(-c6ccccc6)c6nc(c(-c7ccccc7)c7ccc4[nH]7)C=C6)C=C5)cc3)ccc12. The summed E-state index contributed by atoms with van der Waals surface area (Å²) in [6, 6.07) is 54.9. The second-order valence-corrected chi connectivity index (χ2v) is 15.7. The molecule has 6 heterocycles. The molecule has 0 aliphatic carbocycles. The predicted octanol–water partition coefficient (Wildman–Crippen LogP) is 13.2. The molecule has 5 aromatic carbocycles. The third kappa shape index (κ3) is 7.37. The third-order valence-corrected chi connectivity index (χ3v) is 11.6. The Labute approximate surface area is 368 Å². The van der Waals surface area contributed by atoms with Crippen LogP contribution >= 0.6 is 0 Å². The number of aromatic nitrogens is 4. The van der Waals surface area contributed by atoms with Gasteiger partial charge in [0.15, 0.2) is 0 Å². The summed E-state index contributed by atoms with van der Waals surface area (Å²) in [5.74, 6) is 1.31. The molecule has 308 valence electrons. The van der Waals surface area contributed by atoms with Gasteiger partial charge in [0.25, 0.3) is 0 Å². The Morgan fingerprint density at radius 2 is 0.844 bits per heavy atom. The molecule has 8 bridgehead atoms. The van der Waals surface area contributed by atoms with Gasteiger partial charge in [0, 0.05) is 61.8 Å². The van der Waals surface area contributed by atoms with Gasteiger partial charge in [-0.2, -0.15) is 0 Å². The average Bonchev–Trinajstić information content (AvgIpc) is 4.18. The molecular weight excluding hydrogens is 793 g/mol. The molecule has 2 aliphatic heterocycles. The monoisotopic (exact) mass is 832 g/mol. The molecule has 2 aliphatic rings. The minimum absolute atomic E-state index is 0.306. The number of aromatic amines is 2. The fraction of sp³-hybridized carbons (Fsp3) is 0.0536. The Hall–Kier alpha value is -8.49. The zero-order valence-electron chi connectivity index (χ0n) is 34.8. The minimum Gasteiger partial charge on any atom is -0.490 e. The number of hydrogen-bond acceptors (Lipinski definition) is 6. The van der Waals surface area contributed by atoms with E-state index in [1.54, 1.807) is 6.07 Å². The lowest BCUT2D eigenvalue weighted by atomic mass is 10.0. The van der Waals surface area contributed by atoms with E-state index < -0.39 is 0 Å². The Kier molecular flexibility index (Phi) is 9.86. The summed E-state index contributed by atoms with van der Waals surface area (Å²) in [5, 5.41) is 0.876. The molecule has 64 heavy (non-hydrogen) atoms. The van der Waals surface area contributed by atoms with E-state index in [-0.39, 0.29) is 5.63 Å². The molecule has 0 spiro atoms. The number of fused-ring (bicyclic) bond motifs is 9. The third-order valence-electron chi connectivity index (χ3n) is 11.6. The van der Waals surface area contributed by atoms with Gasteiger partial charge >= 0.3 is 5.63 Å². The molecule has 9 aromatic rings. The van der Waals surface area contributed by atoms with Gasteiger partial charge in [0.2, 0.25) is 0 Å². The maximum absolute atomic E-state index is 11.9. The van der Waals surface area contributed by atoms with Crippen LogP contribution in [0.3, 0.4) is 0 Å². The molecular formula is C56H40N4O4. The summed E-state index contributed by atoms with van der Waals surface area (Å²) in [6.07, 6.45) is 8.44. The maximum atomic E-state index is 11.9. The molecule has 0 saturated heterocycles. The molecule has 2 N–H and O–H groups in total. The van der Waals surface area contributed by atoms with E-state index in [9.17, 15) is 4.79 Å². The van der Waals surface area contributed by atoms with Crippen LogP contribution in [-0.2, 0) is 0 Å². The average molecular weight is 833 g/mol. The van der Waals surface area contributed by atoms with Crippen LogP contribution in [-0.4, -0.2) is 33.1 Å². The number of ether oxygens (including phenoxy) is 2. The molecule has 0 fully saturated rings. The minimum atomic E-state index is -0.383. The maximum Gasteiger partial charge on any atom is 0.336 e. The van der Waals surface area contributed by atoms with E-state index in [1.807, 2.05) is 49.4 Å². The van der Waals surface area contributed by atoms with Gasteiger partial charge in [-0.3, -0.25) is 0 Å². The number of benzene rings is 5. The highest BCUT2D eigenvalue weighted by Crippen LogP contribution is 2.38. The summed E-state index contributed by atoms with van der Waals surface area (Å²) >= 11 is 0. The van der Waals surface area contributed by atoms with Gasteiger partial charge in [0.05, 0.1) is 22.8 Å². The highest BCUT2D eigenvalue weighted by molar-refractivity contribution is 5.99. The number of H-pyrrole nitrogens is 2. The van der Waals surface area contributed by atoms with Crippen LogP contribution in [0.2, 0.25) is 0 Å². The van der Waals surface area contributed by atoms with Gasteiger partial charge in [0.1, 0.15) is 30.3 Å². The van der Waals surface area contributed by atoms with E-state index in [1.165, 1.54) is 6.07 Å². The molecule has 8 nitrogen and oxygen atoms in total. The van der Waals surface area contributed by atoms with E-state index in [2.05, 4.69) is 143 Å². The van der Waals surface area contributed by atoms with Gasteiger partial charge in [-0.15, -0.1) is 0 Å². The lowest BCUT2D eigenvalue weighted by Gasteiger charge is -2.10. The zero-order valence-corrected chi connectivity index (χ0v) is 34.8. The van der Waals surface area contributed by atoms with E-state index in [0.29, 0.717) is 30.3 Å². The number of nitrogens with zero attached hydrogens (tertiary/aromatic N) is 2. The highest BCUT2D eigenvalue weighted by atomic mass is 16.5. The van der Waals surface area contributed by atoms with Crippen LogP contribution in [0, 0.1) is 6.92 Å². The summed E-state index contributed by atoms with van der Waals surface area (Å²) in [7, 11) is 0. The fourth-order valence-corrected chi connectivity index (χ4v) is 8.67. The largest absolute Gasteiger partial charge is 0.490 e. The van der Waals surface area contributed by atoms with Crippen molar-refractivity contribution in [1.29, 1.82) is 0 Å². The van der Waals surface area contributed by atoms with Crippen molar-refractivity contribution in [3.63, 3.8) is 0 Å². The Morgan fingerprint density at radius 1 is 0.453 bits per heavy atom. The predicted molar refractivity (Wildman–Crippen MR) is 259 cm³/mol. The number of aryl methyl sites for hydroxylation is 1. The van der Waals surface area contributed by atoms with Crippen molar-refractivity contribution < 1.29 is 13.9 Å². The lowest BCUT2D eigenvalue weighted by molar-refractivity contribution is 0.217. The van der Waals surface area contributed by atoms with Crippen LogP contribution in [0.4, 0.5) is 0 Å². The molecule has 0 saturated carbocycles. The fourth-order valence-electron chi connectivity index (χ4n) is 8.67. The quantitative estimate of drug-likeness (QED) is 0.111. The Balaban J connectivity index is 1.05. The molecule has 11 rings (SSSR count). The topological polar surface area (TPSA) is 106 Å². The van der Waals surface area contributed by atoms with Crippen LogP contribution in [0.1, 0.15) is 28.3 Å². The first kappa shape index (κ1) is 38.4. The Bertz CT molecular complexity index is 3480. The first-order valence-corrected chi connectivity index (χ1v) is 21.3. The summed E-state index contributed by atoms with van der Waals surface area (Å²) in [6.45, 7) is 2.51. The van der Waals surface area contributed by atoms with Crippen LogP contribution in [0.5, 0.6) is 11.5 Å². The van der Waals surface area contributed by atoms with Crippen molar-refractivity contribution in [3.8, 4) is 56.0 Å². The smallest absolute Gasteiger partial charge is 0.336 e. The zero-order chi connectivity index (χ0) is 43.0. The second kappa shape index (κ2) is 16.4. The van der Waals surface area contributed by atoms with Gasteiger partial charge in [-0.1, -0.05) is 103 Å². The number of hydrogen-bond donors (Lipinski definition) is 2. The van der Waals surface area contributed by atoms with Gasteiger partial charge in [-0.25, -0.2) is 14.8 Å². The van der Waals surface area contributed by atoms with Crippen molar-refractivity contribution in [3.05, 3.63) is 203 Å². The van der Waals surface area contributed by atoms with Crippen molar-refractivity contribution >= 4 is 57.3 Å². The number of nitrogens with one attached hydrogen (secondary N) is 2. The summed E-state index contributed by atoms with van der Waals surface area (Å²) < 4.78 is 17.5. The molecule has 0 unspecified atom stereocenters. The summed E-state index contributed by atoms with van der Waals surface area (Å²) in [4.78, 5) is 30.4. The lowest BCUT2D eigenvalue weighted by Crippen LogP contribution is -2.09. The van der Waals surface area contributed by atoms with E-state index in [4.69, 9.17) is 23.9 Å². The van der Waals surface area contributed by atoms with Gasteiger partial charge < -0.3 is 23.9 Å². The number of rotatable bonds is 9. The molecule has 0 radical (unpaired) electrons. The molecule has 8 heteroatoms. The van der Waals surface area contributed by atoms with Crippen LogP contribution in [0.25, 0.3) is 102 Å². The highest BCUT2D eigenvalue weighted by Gasteiger charge is 2.19. The van der Waals surface area contributed by atoms with Crippen molar-refractivity contribution in [2.24, 2.45) is 0 Å². The first-order valence-electron chi connectivity index (χ1n) is 21.3. The first-order chi connectivity index (χ1) is 31.5. The van der Waals surface area contributed by atoms with E-state index >= 15 is 0 Å². The van der Waals surface area contributed by atoms with Gasteiger partial charge in [-0.05, 0) is 108 Å². The molecule has 4 aromatic heterocycles. The van der Waals surface area contributed by atoms with Crippen LogP contribution in [0.15, 0.2) is 173 Å². The second-order valence-electron chi connectivity index (χ2n) is 15.7. The van der Waals surface area contributed by atoms with Crippen LogP contribution < -0.4 is 15.1 Å². The van der Waals surface area contributed by atoms with Crippen molar-refractivity contribution in [2.45, 2.75) is 6.92 Å². The van der Waals surface area contributed by atoms with Crippen molar-refractivity contribution in [1.82, 2.24) is 19.9 Å². The molecule has 0 atom stereocenters. The van der Waals surface area contributed by atoms with E-state index in [0.717, 1.165) is 100 Å². The molecule has 0 amide bonds. The summed E-state index contributed by atoms with van der Waals surface area (Å²) in [5.41, 5.74) is 16.2. The Morgan fingerprint density at radius 3 is 1.28 bits per heavy atom. The standard InChI is InChI=1S/C56H40N4O4/c1-35-33-52(61)64-51-34-41(21-22-42(35)51)63-32-31-62-40-19-17-39(18-20-40)56-49-29-27-47(59-49)54(37-13-7-3-8-14-37)45-25-23-43(57-45)53(36-11-5-2-6-12-36)44-24-26-46(58-44)55(38-15-9-4-10-16-38)48-28-30-50(56)60-48/h2-30,33-34,57,60H,31-32H2,1H3.